The molecule has 2 aromatic carbocycles. The van der Waals surface area contributed by atoms with Crippen LogP contribution in [0.5, 0.6) is 5.75 Å². The molecule has 0 bridgehead atoms. The number of rotatable bonds is 1. The Morgan fingerprint density at radius 1 is 0.867 bits per heavy atom. The first kappa shape index (κ1) is 24.2. The Labute approximate surface area is 207 Å². The molecule has 0 fully saturated rings. The molecule has 2 heterocycles. The minimum atomic E-state index is -5.29. The number of carbonyl (C=O) groups excluding carboxylic acids is 1. The second kappa shape index (κ2) is 9.85. The number of aromatic hydroxyl groups is 1. The van der Waals surface area contributed by atoms with Gasteiger partial charge in [-0.2, -0.15) is 13.2 Å². The van der Waals surface area contributed by atoms with Crippen LogP contribution in [0.1, 0.15) is 10.4 Å². The van der Waals surface area contributed by atoms with E-state index in [4.69, 9.17) is 5.11 Å². The number of hydrogen-bond acceptors (Lipinski definition) is 4. The van der Waals surface area contributed by atoms with Gasteiger partial charge in [0.2, 0.25) is 0 Å². The van der Waals surface area contributed by atoms with Crippen LogP contribution in [0.15, 0.2) is 60.9 Å². The Hall–Kier alpha value is -2.04. The SMILES string of the molecule is O=C(c1cc(F)cc(F)c1O)C(F)(F)F.[Eu].c1cnc2c(c1)ccc1cccnc12. The summed E-state index contributed by atoms with van der Waals surface area (Å²) in [4.78, 5) is 19.3. The molecule has 10 heteroatoms. The van der Waals surface area contributed by atoms with Gasteiger partial charge in [-0.3, -0.25) is 14.8 Å². The second-order valence-corrected chi connectivity index (χ2v) is 5.83. The van der Waals surface area contributed by atoms with Crippen LogP contribution in [-0.2, 0) is 0 Å². The molecule has 1 radical (unpaired) electrons. The normalized spacial score (nSPS) is 10.8. The van der Waals surface area contributed by atoms with Crippen LogP contribution in [0.3, 0.4) is 0 Å². The molecule has 4 nitrogen and oxygen atoms in total. The summed E-state index contributed by atoms with van der Waals surface area (Å²) in [5, 5.41) is 11.1. The average Bonchev–Trinajstić information content (AvgIpc) is 2.70. The van der Waals surface area contributed by atoms with Crippen molar-refractivity contribution in [3.63, 3.8) is 0 Å². The summed E-state index contributed by atoms with van der Waals surface area (Å²) >= 11 is 0. The van der Waals surface area contributed by atoms with Gasteiger partial charge in [0.15, 0.2) is 11.6 Å². The quantitative estimate of drug-likeness (QED) is 0.198. The van der Waals surface area contributed by atoms with Crippen molar-refractivity contribution in [3.05, 3.63) is 78.1 Å². The predicted molar refractivity (Wildman–Crippen MR) is 95.5 cm³/mol. The maximum absolute atomic E-state index is 12.6. The van der Waals surface area contributed by atoms with Gasteiger partial charge in [-0.25, -0.2) is 8.78 Å². The van der Waals surface area contributed by atoms with E-state index in [1.54, 1.807) is 12.4 Å². The van der Waals surface area contributed by atoms with Crippen LogP contribution in [0, 0.1) is 61.0 Å². The smallest absolute Gasteiger partial charge is 0.455 e. The zero-order valence-corrected chi connectivity index (χ0v) is 17.2. The first-order chi connectivity index (χ1) is 13.7. The number of halogens is 5. The van der Waals surface area contributed by atoms with Gasteiger partial charge in [-0.05, 0) is 18.2 Å². The molecule has 0 aliphatic rings. The van der Waals surface area contributed by atoms with Gasteiger partial charge in [0, 0.05) is 78.6 Å². The molecule has 1 N–H and O–H groups in total. The van der Waals surface area contributed by atoms with Crippen molar-refractivity contribution < 1.29 is 81.2 Å². The number of hydrogen-bond donors (Lipinski definition) is 1. The Balaban J connectivity index is 0.000000207. The van der Waals surface area contributed by atoms with Gasteiger partial charge >= 0.3 is 6.18 Å². The zero-order chi connectivity index (χ0) is 21.2. The summed E-state index contributed by atoms with van der Waals surface area (Å²) < 4.78 is 60.7. The van der Waals surface area contributed by atoms with Crippen LogP contribution in [-0.4, -0.2) is 27.0 Å². The van der Waals surface area contributed by atoms with Crippen molar-refractivity contribution >= 4 is 27.6 Å². The topological polar surface area (TPSA) is 63.1 Å². The molecular formula is C20H11EuF5N2O2. The molecule has 0 atom stereocenters. The van der Waals surface area contributed by atoms with Gasteiger partial charge in [-0.1, -0.05) is 24.3 Å². The minimum absolute atomic E-state index is 0. The number of phenols is 1. The maximum atomic E-state index is 12.6. The Morgan fingerprint density at radius 2 is 1.37 bits per heavy atom. The Kier molecular flexibility index (Phi) is 7.96. The summed E-state index contributed by atoms with van der Waals surface area (Å²) in [5.74, 6) is -7.02. The van der Waals surface area contributed by atoms with Gasteiger partial charge < -0.3 is 5.11 Å². The monoisotopic (exact) mass is 559 g/mol. The summed E-state index contributed by atoms with van der Waals surface area (Å²) in [6.07, 6.45) is -1.69. The van der Waals surface area contributed by atoms with Gasteiger partial charge in [0.1, 0.15) is 5.82 Å². The van der Waals surface area contributed by atoms with Crippen molar-refractivity contribution in [2.45, 2.75) is 6.18 Å². The molecule has 0 spiro atoms. The molecule has 0 unspecified atom stereocenters. The van der Waals surface area contributed by atoms with Gasteiger partial charge in [-0.15, -0.1) is 0 Å². The predicted octanol–water partition coefficient (Wildman–Crippen LogP) is 5.20. The Morgan fingerprint density at radius 3 is 1.83 bits per heavy atom. The van der Waals surface area contributed by atoms with Crippen molar-refractivity contribution in [2.24, 2.45) is 0 Å². The number of ketones is 1. The van der Waals surface area contributed by atoms with E-state index >= 15 is 0 Å². The molecular weight excluding hydrogens is 547 g/mol. The number of nitrogens with zero attached hydrogens (tertiary/aromatic N) is 2. The fourth-order valence-corrected chi connectivity index (χ4v) is 2.57. The van der Waals surface area contributed by atoms with Gasteiger partial charge in [0.05, 0.1) is 16.6 Å². The molecule has 0 amide bonds. The number of phenolic OH excluding ortho intramolecular Hbond substituents is 1. The van der Waals surface area contributed by atoms with Crippen molar-refractivity contribution in [1.29, 1.82) is 0 Å². The van der Waals surface area contributed by atoms with E-state index in [0.717, 1.165) is 21.8 Å². The third-order valence-electron chi connectivity index (χ3n) is 3.87. The molecule has 0 saturated carbocycles. The fourth-order valence-electron chi connectivity index (χ4n) is 2.57. The molecule has 0 aliphatic heterocycles. The standard InChI is InChI=1S/C12H8N2.C8H3F5O2.Eu/c1-3-9-5-6-10-4-2-8-14-12(10)11(9)13-7-1;9-3-1-4(6(14)5(10)2-3)7(15)8(11,12)13;/h1-8H;1-2,14H;. The average molecular weight is 558 g/mol. The molecule has 2 aromatic heterocycles. The maximum Gasteiger partial charge on any atom is 0.455 e. The molecule has 0 aliphatic carbocycles. The zero-order valence-electron chi connectivity index (χ0n) is 14.8. The molecule has 0 saturated heterocycles. The summed E-state index contributed by atoms with van der Waals surface area (Å²) in [6, 6.07) is 12.4. The third-order valence-corrected chi connectivity index (χ3v) is 3.87. The molecule has 155 valence electrons. The van der Waals surface area contributed by atoms with Crippen molar-refractivity contribution in [3.8, 4) is 5.75 Å². The van der Waals surface area contributed by atoms with E-state index in [1.807, 2.05) is 12.1 Å². The first-order valence-electron chi connectivity index (χ1n) is 8.06. The van der Waals surface area contributed by atoms with E-state index in [1.165, 1.54) is 0 Å². The van der Waals surface area contributed by atoms with Crippen molar-refractivity contribution in [2.75, 3.05) is 0 Å². The molecule has 30 heavy (non-hydrogen) atoms. The van der Waals surface area contributed by atoms with Crippen LogP contribution in [0.2, 0.25) is 0 Å². The number of fused-ring (bicyclic) bond motifs is 3. The third kappa shape index (κ3) is 5.36. The number of Topliss-reactive ketones (excluding diaryl/α,β-unsaturated/α-hetero) is 1. The van der Waals surface area contributed by atoms with E-state index in [2.05, 4.69) is 34.2 Å². The summed E-state index contributed by atoms with van der Waals surface area (Å²) in [7, 11) is 0. The van der Waals surface area contributed by atoms with Crippen LogP contribution >= 0.6 is 0 Å². The van der Waals surface area contributed by atoms with E-state index in [9.17, 15) is 26.7 Å². The number of aromatic nitrogens is 2. The first-order valence-corrected chi connectivity index (χ1v) is 8.06. The number of carbonyl (C=O) groups is 1. The number of alkyl halides is 3. The fraction of sp³-hybridized carbons (Fsp3) is 0.0500. The molecule has 4 rings (SSSR count). The van der Waals surface area contributed by atoms with Crippen molar-refractivity contribution in [1.82, 2.24) is 9.97 Å². The Bertz CT molecular complexity index is 1160. The van der Waals surface area contributed by atoms with Crippen LogP contribution in [0.25, 0.3) is 21.8 Å². The van der Waals surface area contributed by atoms with E-state index < -0.39 is 34.9 Å². The molecule has 4 aromatic rings. The summed E-state index contributed by atoms with van der Waals surface area (Å²) in [6.45, 7) is 0. The summed E-state index contributed by atoms with van der Waals surface area (Å²) in [5.41, 5.74) is 0.510. The van der Waals surface area contributed by atoms with E-state index in [-0.39, 0.29) is 61.5 Å². The minimum Gasteiger partial charge on any atom is -0.504 e. The van der Waals surface area contributed by atoms with Crippen LogP contribution in [0.4, 0.5) is 22.0 Å². The van der Waals surface area contributed by atoms with Gasteiger partial charge in [0.25, 0.3) is 5.78 Å². The largest absolute Gasteiger partial charge is 0.504 e. The van der Waals surface area contributed by atoms with E-state index in [0.29, 0.717) is 0 Å². The number of benzene rings is 2. The second-order valence-electron chi connectivity index (χ2n) is 5.83. The van der Waals surface area contributed by atoms with Crippen LogP contribution < -0.4 is 0 Å². The number of pyridine rings is 2.